The van der Waals surface area contributed by atoms with Crippen molar-refractivity contribution in [1.29, 1.82) is 0 Å². The van der Waals surface area contributed by atoms with E-state index in [2.05, 4.69) is 51.8 Å². The Morgan fingerprint density at radius 1 is 1.10 bits per heavy atom. The molecule has 118 valence electrons. The van der Waals surface area contributed by atoms with E-state index in [1.807, 2.05) is 0 Å². The maximum atomic E-state index is 9.99. The van der Waals surface area contributed by atoms with Gasteiger partial charge in [0.05, 0.1) is 12.7 Å². The van der Waals surface area contributed by atoms with E-state index in [0.29, 0.717) is 6.61 Å². The van der Waals surface area contributed by atoms with E-state index in [1.54, 1.807) is 0 Å². The summed E-state index contributed by atoms with van der Waals surface area (Å²) in [6.07, 6.45) is 10.6. The number of allylic oxidation sites excluding steroid dienone is 1. The highest BCUT2D eigenvalue weighted by Gasteiger charge is 2.45. The van der Waals surface area contributed by atoms with E-state index >= 15 is 0 Å². The van der Waals surface area contributed by atoms with Gasteiger partial charge < -0.3 is 5.11 Å². The minimum Gasteiger partial charge on any atom is -0.393 e. The van der Waals surface area contributed by atoms with Crippen molar-refractivity contribution < 1.29 is 9.94 Å². The van der Waals surface area contributed by atoms with Crippen molar-refractivity contribution in [3.8, 4) is 0 Å². The molecule has 1 saturated heterocycles. The average molecular weight is 283 g/mol. The summed E-state index contributed by atoms with van der Waals surface area (Å²) in [7, 11) is 0. The van der Waals surface area contributed by atoms with Crippen LogP contribution in [0.2, 0.25) is 0 Å². The van der Waals surface area contributed by atoms with Crippen LogP contribution in [-0.2, 0) is 4.84 Å². The number of hydrogen-bond donors (Lipinski definition) is 1. The summed E-state index contributed by atoms with van der Waals surface area (Å²) in [5.41, 5.74) is -0.256. The first-order valence-corrected chi connectivity index (χ1v) is 8.06. The number of hydrogen-bond acceptors (Lipinski definition) is 3. The molecule has 0 unspecified atom stereocenters. The zero-order chi connectivity index (χ0) is 15.2. The Labute approximate surface area is 125 Å². The fraction of sp³-hybridized carbons (Fsp3) is 0.882. The molecule has 3 heteroatoms. The summed E-state index contributed by atoms with van der Waals surface area (Å²) < 4.78 is 0. The van der Waals surface area contributed by atoms with Gasteiger partial charge in [0.2, 0.25) is 0 Å². The number of aliphatic hydroxyl groups excluding tert-OH is 1. The first kappa shape index (κ1) is 17.7. The molecule has 0 radical (unpaired) electrons. The van der Waals surface area contributed by atoms with Crippen molar-refractivity contribution in [2.75, 3.05) is 6.61 Å². The lowest BCUT2D eigenvalue weighted by molar-refractivity contribution is -0.286. The van der Waals surface area contributed by atoms with Crippen molar-refractivity contribution in [2.45, 2.75) is 90.3 Å². The minimum atomic E-state index is -0.232. The van der Waals surface area contributed by atoms with Crippen molar-refractivity contribution in [1.82, 2.24) is 5.06 Å². The van der Waals surface area contributed by atoms with Crippen LogP contribution >= 0.6 is 0 Å². The molecule has 3 nitrogen and oxygen atoms in total. The van der Waals surface area contributed by atoms with Gasteiger partial charge in [0.15, 0.2) is 0 Å². The Hall–Kier alpha value is -0.380. The number of hydroxylamine groups is 2. The highest BCUT2D eigenvalue weighted by atomic mass is 16.7. The van der Waals surface area contributed by atoms with Gasteiger partial charge in [-0.25, -0.2) is 0 Å². The molecular formula is C17H33NO2. The maximum absolute atomic E-state index is 9.99. The number of piperidine rings is 1. The predicted octanol–water partition coefficient (Wildman–Crippen LogP) is 4.07. The van der Waals surface area contributed by atoms with Crippen LogP contribution in [0.25, 0.3) is 0 Å². The fourth-order valence-electron chi connectivity index (χ4n) is 3.38. The Bertz CT molecular complexity index is 292. The van der Waals surface area contributed by atoms with Gasteiger partial charge in [-0.15, -0.1) is 0 Å². The minimum absolute atomic E-state index is 0.128. The molecule has 0 amide bonds. The van der Waals surface area contributed by atoms with E-state index in [1.165, 1.54) is 19.3 Å². The third kappa shape index (κ3) is 5.19. The largest absolute Gasteiger partial charge is 0.393 e. The monoisotopic (exact) mass is 283 g/mol. The van der Waals surface area contributed by atoms with Gasteiger partial charge in [0, 0.05) is 11.1 Å². The van der Waals surface area contributed by atoms with Gasteiger partial charge >= 0.3 is 0 Å². The molecule has 0 atom stereocenters. The lowest BCUT2D eigenvalue weighted by atomic mass is 9.80. The molecule has 0 aromatic carbocycles. The molecule has 1 N–H and O–H groups in total. The summed E-state index contributed by atoms with van der Waals surface area (Å²) in [6, 6.07) is 0. The van der Waals surface area contributed by atoms with E-state index in [-0.39, 0.29) is 17.2 Å². The first-order valence-electron chi connectivity index (χ1n) is 8.06. The van der Waals surface area contributed by atoms with Crippen LogP contribution < -0.4 is 0 Å². The van der Waals surface area contributed by atoms with Gasteiger partial charge in [-0.2, -0.15) is 5.06 Å². The highest BCUT2D eigenvalue weighted by molar-refractivity contribution is 4.97. The third-order valence-corrected chi connectivity index (χ3v) is 4.01. The number of unbranched alkanes of at least 4 members (excludes halogenated alkanes) is 3. The molecule has 1 rings (SSSR count). The Balaban J connectivity index is 2.44. The van der Waals surface area contributed by atoms with Gasteiger partial charge in [-0.05, 0) is 53.4 Å². The molecule has 0 bridgehead atoms. The molecule has 0 saturated carbocycles. The van der Waals surface area contributed by atoms with Crippen LogP contribution in [0.5, 0.6) is 0 Å². The number of nitrogens with zero attached hydrogens (tertiary/aromatic N) is 1. The summed E-state index contributed by atoms with van der Waals surface area (Å²) in [6.45, 7) is 11.4. The van der Waals surface area contributed by atoms with Gasteiger partial charge in [0.25, 0.3) is 0 Å². The van der Waals surface area contributed by atoms with E-state index in [9.17, 15) is 5.11 Å². The second kappa shape index (κ2) is 7.58. The molecule has 1 heterocycles. The SMILES string of the molecule is CCCCC/C=C/CON1C(C)(C)CC(O)CC1(C)C. The summed E-state index contributed by atoms with van der Waals surface area (Å²) in [5, 5.41) is 12.1. The molecule has 0 aromatic heterocycles. The second-order valence-electron chi connectivity index (χ2n) is 7.24. The quantitative estimate of drug-likeness (QED) is 0.565. The standard InChI is InChI=1S/C17H33NO2/c1-6-7-8-9-10-11-12-20-18-16(2,3)13-15(19)14-17(18,4)5/h10-11,15,19H,6-9,12-14H2,1-5H3/b11-10+. The molecule has 1 fully saturated rings. The average Bonchev–Trinajstić information content (AvgIpc) is 2.28. The van der Waals surface area contributed by atoms with Crippen LogP contribution in [0.1, 0.15) is 73.1 Å². The second-order valence-corrected chi connectivity index (χ2v) is 7.24. The van der Waals surface area contributed by atoms with Crippen LogP contribution in [-0.4, -0.2) is 34.0 Å². The first-order chi connectivity index (χ1) is 9.29. The molecule has 0 aliphatic carbocycles. The van der Waals surface area contributed by atoms with Crippen LogP contribution in [0.15, 0.2) is 12.2 Å². The van der Waals surface area contributed by atoms with Crippen LogP contribution in [0.3, 0.4) is 0 Å². The Morgan fingerprint density at radius 2 is 1.70 bits per heavy atom. The highest BCUT2D eigenvalue weighted by Crippen LogP contribution is 2.38. The van der Waals surface area contributed by atoms with Crippen LogP contribution in [0, 0.1) is 0 Å². The maximum Gasteiger partial charge on any atom is 0.0867 e. The number of aliphatic hydroxyl groups is 1. The molecular weight excluding hydrogens is 250 g/mol. The number of rotatable bonds is 7. The van der Waals surface area contributed by atoms with Crippen molar-refractivity contribution in [3.63, 3.8) is 0 Å². The van der Waals surface area contributed by atoms with Gasteiger partial charge in [0.1, 0.15) is 0 Å². The summed E-state index contributed by atoms with van der Waals surface area (Å²) in [4.78, 5) is 6.00. The molecule has 0 spiro atoms. The van der Waals surface area contributed by atoms with Crippen LogP contribution in [0.4, 0.5) is 0 Å². The zero-order valence-corrected chi connectivity index (χ0v) is 14.0. The van der Waals surface area contributed by atoms with Crippen molar-refractivity contribution >= 4 is 0 Å². The third-order valence-electron chi connectivity index (χ3n) is 4.01. The fourth-order valence-corrected chi connectivity index (χ4v) is 3.38. The summed E-state index contributed by atoms with van der Waals surface area (Å²) >= 11 is 0. The Kier molecular flexibility index (Phi) is 6.70. The van der Waals surface area contributed by atoms with E-state index < -0.39 is 0 Å². The van der Waals surface area contributed by atoms with Gasteiger partial charge in [-0.1, -0.05) is 31.9 Å². The zero-order valence-electron chi connectivity index (χ0n) is 14.0. The lowest BCUT2D eigenvalue weighted by Gasteiger charge is -2.52. The lowest BCUT2D eigenvalue weighted by Crippen LogP contribution is -2.61. The van der Waals surface area contributed by atoms with Crippen molar-refractivity contribution in [2.24, 2.45) is 0 Å². The Morgan fingerprint density at radius 3 is 2.25 bits per heavy atom. The molecule has 1 aliphatic heterocycles. The normalized spacial score (nSPS) is 23.5. The molecule has 0 aromatic rings. The predicted molar refractivity (Wildman–Crippen MR) is 84.5 cm³/mol. The smallest absolute Gasteiger partial charge is 0.0867 e. The molecule has 1 aliphatic rings. The summed E-state index contributed by atoms with van der Waals surface area (Å²) in [5.74, 6) is 0. The van der Waals surface area contributed by atoms with E-state index in [4.69, 9.17) is 4.84 Å². The van der Waals surface area contributed by atoms with Crippen molar-refractivity contribution in [3.05, 3.63) is 12.2 Å². The van der Waals surface area contributed by atoms with Gasteiger partial charge in [-0.3, -0.25) is 4.84 Å². The topological polar surface area (TPSA) is 32.7 Å². The molecule has 20 heavy (non-hydrogen) atoms. The van der Waals surface area contributed by atoms with E-state index in [0.717, 1.165) is 19.3 Å².